The van der Waals surface area contributed by atoms with Gasteiger partial charge in [-0.15, -0.1) is 0 Å². The molecule has 0 bridgehead atoms. The van der Waals surface area contributed by atoms with Crippen molar-refractivity contribution in [2.24, 2.45) is 13.0 Å². The summed E-state index contributed by atoms with van der Waals surface area (Å²) < 4.78 is 23.4. The fraction of sp³-hybridized carbons (Fsp3) is 0.281. The molecule has 9 nitrogen and oxygen atoms in total. The van der Waals surface area contributed by atoms with E-state index in [9.17, 15) is 4.79 Å². The maximum Gasteiger partial charge on any atom is 0.246 e. The van der Waals surface area contributed by atoms with Crippen LogP contribution in [0, 0.1) is 18.7 Å². The average Bonchev–Trinajstić information content (AvgIpc) is 3.71. The smallest absolute Gasteiger partial charge is 0.246 e. The molecule has 1 amide bonds. The van der Waals surface area contributed by atoms with E-state index in [0.29, 0.717) is 34.3 Å². The number of aryl methyl sites for hydroxylation is 2. The molecule has 1 saturated heterocycles. The van der Waals surface area contributed by atoms with Crippen LogP contribution in [-0.4, -0.2) is 47.9 Å². The molecule has 1 unspecified atom stereocenters. The lowest BCUT2D eigenvalue weighted by Crippen LogP contribution is -2.34. The van der Waals surface area contributed by atoms with Gasteiger partial charge in [0.05, 0.1) is 28.6 Å². The predicted octanol–water partition coefficient (Wildman–Crippen LogP) is 6.18. The Morgan fingerprint density at radius 2 is 1.98 bits per heavy atom. The van der Waals surface area contributed by atoms with Crippen molar-refractivity contribution in [3.05, 3.63) is 84.8 Å². The molecule has 7 rings (SSSR count). The maximum absolute atomic E-state index is 15.4. The summed E-state index contributed by atoms with van der Waals surface area (Å²) in [6, 6.07) is 12.9. The number of benzene rings is 2. The van der Waals surface area contributed by atoms with Gasteiger partial charge in [-0.2, -0.15) is 0 Å². The van der Waals surface area contributed by atoms with E-state index in [-0.39, 0.29) is 23.6 Å². The third-order valence-corrected chi connectivity index (χ3v) is 8.67. The van der Waals surface area contributed by atoms with Crippen molar-refractivity contribution in [1.29, 1.82) is 0 Å². The number of aromatic nitrogens is 5. The highest BCUT2D eigenvalue weighted by Crippen LogP contribution is 2.47. The number of carbonyl (C=O) groups excluding carboxylic acids is 1. The quantitative estimate of drug-likeness (QED) is 0.247. The minimum atomic E-state index is -0.478. The predicted molar refractivity (Wildman–Crippen MR) is 158 cm³/mol. The Labute approximate surface area is 242 Å². The van der Waals surface area contributed by atoms with Crippen LogP contribution in [0.1, 0.15) is 36.4 Å². The number of fused-ring (bicyclic) bond motifs is 3. The molecule has 5 aromatic rings. The van der Waals surface area contributed by atoms with Crippen molar-refractivity contribution in [3.8, 4) is 11.5 Å². The van der Waals surface area contributed by atoms with Crippen LogP contribution in [0.5, 0.6) is 11.5 Å². The molecule has 42 heavy (non-hydrogen) atoms. The summed E-state index contributed by atoms with van der Waals surface area (Å²) in [5.74, 6) is 1.53. The molecule has 0 spiro atoms. The van der Waals surface area contributed by atoms with Crippen molar-refractivity contribution < 1.29 is 13.9 Å². The number of hydrogen-bond donors (Lipinski definition) is 1. The number of rotatable bonds is 6. The summed E-state index contributed by atoms with van der Waals surface area (Å²) in [4.78, 5) is 32.4. The second-order valence-corrected chi connectivity index (χ2v) is 11.1. The first-order valence-electron chi connectivity index (χ1n) is 14.1. The normalized spacial score (nSPS) is 19.8. The summed E-state index contributed by atoms with van der Waals surface area (Å²) in [5, 5.41) is 3.15. The summed E-state index contributed by atoms with van der Waals surface area (Å²) in [7, 11) is 1.93. The van der Waals surface area contributed by atoms with Crippen molar-refractivity contribution in [1.82, 2.24) is 29.4 Å². The first kappa shape index (κ1) is 26.1. The van der Waals surface area contributed by atoms with E-state index in [0.717, 1.165) is 48.1 Å². The van der Waals surface area contributed by atoms with Crippen LogP contribution < -0.4 is 10.1 Å². The van der Waals surface area contributed by atoms with Crippen molar-refractivity contribution >= 4 is 39.5 Å². The monoisotopic (exact) mass is 563 g/mol. The Kier molecular flexibility index (Phi) is 6.33. The Balaban J connectivity index is 1.15. The standard InChI is InChI=1S/C32H30FN7O2/c1-4-30(41)40-12-11-21-20(6-10-27(21)40)23-7-8-24-31(37-23)32(35-16-34-24)38-25-13-18(2)29(15-22(25)33)42-19-5-9-28-26(14-19)36-17-39(28)3/h4-5,7-9,13-17,20-21,27H,1,6,10-12H2,2-3H3,(H,34,35,38)/t20?,21-,27+/m1/s1. The van der Waals surface area contributed by atoms with Gasteiger partial charge in [-0.3, -0.25) is 4.79 Å². The van der Waals surface area contributed by atoms with E-state index in [4.69, 9.17) is 9.72 Å². The van der Waals surface area contributed by atoms with Crippen molar-refractivity contribution in [3.63, 3.8) is 0 Å². The number of hydrogen-bond acceptors (Lipinski definition) is 7. The third-order valence-electron chi connectivity index (χ3n) is 8.67. The van der Waals surface area contributed by atoms with Gasteiger partial charge in [0, 0.05) is 43.4 Å². The molecular weight excluding hydrogens is 533 g/mol. The molecule has 4 heterocycles. The van der Waals surface area contributed by atoms with E-state index in [1.807, 2.05) is 53.8 Å². The number of halogens is 1. The lowest BCUT2D eigenvalue weighted by atomic mass is 9.90. The molecular formula is C32H30FN7O2. The molecule has 0 radical (unpaired) electrons. The highest BCUT2D eigenvalue weighted by atomic mass is 19.1. The van der Waals surface area contributed by atoms with Crippen LogP contribution in [-0.2, 0) is 11.8 Å². The number of carbonyl (C=O) groups is 1. The lowest BCUT2D eigenvalue weighted by molar-refractivity contribution is -0.126. The van der Waals surface area contributed by atoms with Crippen LogP contribution in [0.4, 0.5) is 15.9 Å². The number of pyridine rings is 1. The molecule has 1 saturated carbocycles. The fourth-order valence-electron chi connectivity index (χ4n) is 6.60. The second-order valence-electron chi connectivity index (χ2n) is 11.1. The van der Waals surface area contributed by atoms with E-state index in [1.54, 1.807) is 12.4 Å². The van der Waals surface area contributed by atoms with Crippen LogP contribution in [0.2, 0.25) is 0 Å². The Morgan fingerprint density at radius 3 is 2.83 bits per heavy atom. The van der Waals surface area contributed by atoms with Crippen LogP contribution in [0.15, 0.2) is 67.8 Å². The van der Waals surface area contributed by atoms with Gasteiger partial charge >= 0.3 is 0 Å². The van der Waals surface area contributed by atoms with E-state index in [2.05, 4.69) is 26.8 Å². The molecule has 212 valence electrons. The second kappa shape index (κ2) is 10.2. The SMILES string of the molecule is C=CC(=O)N1CC[C@@H]2C(c3ccc4ncnc(Nc5cc(C)c(Oc6ccc7c(c6)ncn7C)cc5F)c4n3)CC[C@@H]21. The zero-order valence-electron chi connectivity index (χ0n) is 23.4. The lowest BCUT2D eigenvalue weighted by Gasteiger charge is -2.23. The molecule has 1 aliphatic carbocycles. The number of ether oxygens (including phenoxy) is 1. The van der Waals surface area contributed by atoms with Gasteiger partial charge in [-0.1, -0.05) is 6.58 Å². The van der Waals surface area contributed by atoms with Gasteiger partial charge < -0.3 is 19.5 Å². The third kappa shape index (κ3) is 4.43. The molecule has 2 fully saturated rings. The molecule has 1 N–H and O–H groups in total. The van der Waals surface area contributed by atoms with Gasteiger partial charge in [0.25, 0.3) is 0 Å². The topological polar surface area (TPSA) is 98.1 Å². The highest BCUT2D eigenvalue weighted by Gasteiger charge is 2.45. The van der Waals surface area contributed by atoms with Gasteiger partial charge in [-0.25, -0.2) is 24.3 Å². The Bertz CT molecular complexity index is 1870. The number of anilines is 2. The molecule has 3 aromatic heterocycles. The summed E-state index contributed by atoms with van der Waals surface area (Å²) >= 11 is 0. The van der Waals surface area contributed by atoms with Gasteiger partial charge in [0.15, 0.2) is 5.82 Å². The minimum Gasteiger partial charge on any atom is -0.457 e. The summed E-state index contributed by atoms with van der Waals surface area (Å²) in [6.45, 7) is 6.27. The van der Waals surface area contributed by atoms with E-state index in [1.165, 1.54) is 18.5 Å². The maximum atomic E-state index is 15.4. The number of amides is 1. The van der Waals surface area contributed by atoms with Crippen LogP contribution in [0.25, 0.3) is 22.1 Å². The molecule has 3 atom stereocenters. The highest BCUT2D eigenvalue weighted by molar-refractivity contribution is 5.88. The molecule has 1 aliphatic heterocycles. The van der Waals surface area contributed by atoms with Crippen molar-refractivity contribution in [2.75, 3.05) is 11.9 Å². The van der Waals surface area contributed by atoms with Gasteiger partial charge in [0.2, 0.25) is 5.91 Å². The fourth-order valence-corrected chi connectivity index (χ4v) is 6.60. The summed E-state index contributed by atoms with van der Waals surface area (Å²) in [5.41, 5.74) is 5.01. The Morgan fingerprint density at radius 1 is 1.10 bits per heavy atom. The minimum absolute atomic E-state index is 0.00230. The summed E-state index contributed by atoms with van der Waals surface area (Å²) in [6.07, 6.45) is 7.43. The molecule has 10 heteroatoms. The first-order chi connectivity index (χ1) is 20.4. The number of nitrogens with zero attached hydrogens (tertiary/aromatic N) is 6. The Hall–Kier alpha value is -4.86. The van der Waals surface area contributed by atoms with E-state index < -0.39 is 5.82 Å². The van der Waals surface area contributed by atoms with Crippen molar-refractivity contribution in [2.45, 2.75) is 38.1 Å². The van der Waals surface area contributed by atoms with Crippen LogP contribution >= 0.6 is 0 Å². The average molecular weight is 564 g/mol. The number of likely N-dealkylation sites (tertiary alicyclic amines) is 1. The molecule has 2 aliphatic rings. The number of imidazole rings is 1. The number of nitrogens with one attached hydrogen (secondary N) is 1. The first-order valence-corrected chi connectivity index (χ1v) is 14.1. The van der Waals surface area contributed by atoms with Gasteiger partial charge in [0.1, 0.15) is 29.2 Å². The van der Waals surface area contributed by atoms with Gasteiger partial charge in [-0.05, 0) is 74.1 Å². The molecule has 2 aromatic carbocycles. The largest absolute Gasteiger partial charge is 0.457 e. The van der Waals surface area contributed by atoms with Crippen LogP contribution in [0.3, 0.4) is 0 Å². The van der Waals surface area contributed by atoms with E-state index >= 15 is 4.39 Å². The zero-order chi connectivity index (χ0) is 29.0. The zero-order valence-corrected chi connectivity index (χ0v) is 23.4.